The van der Waals surface area contributed by atoms with Crippen LogP contribution in [0, 0.1) is 0 Å². The fourth-order valence-corrected chi connectivity index (χ4v) is 2.95. The number of alkyl halides is 1. The fourth-order valence-electron chi connectivity index (χ4n) is 1.84. The predicted molar refractivity (Wildman–Crippen MR) is 86.9 cm³/mol. The van der Waals surface area contributed by atoms with Gasteiger partial charge in [-0.1, -0.05) is 75.5 Å². The van der Waals surface area contributed by atoms with Crippen molar-refractivity contribution >= 4 is 45.0 Å². The van der Waals surface area contributed by atoms with Gasteiger partial charge >= 0.3 is 0 Å². The molecule has 1 unspecified atom stereocenters. The highest BCUT2D eigenvalue weighted by atomic mass is 79.9. The van der Waals surface area contributed by atoms with Crippen molar-refractivity contribution in [3.05, 3.63) is 69.7 Å². The monoisotopic (exact) mass is 371 g/mol. The Hall–Kier alpha value is -1.03. The van der Waals surface area contributed by atoms with E-state index in [1.807, 2.05) is 30.3 Å². The van der Waals surface area contributed by atoms with Crippen LogP contribution >= 0.6 is 39.1 Å². The fraction of sp³-hybridized carbons (Fsp3) is 0.133. The number of benzene rings is 2. The molecule has 2 aromatic carbocycles. The highest BCUT2D eigenvalue weighted by Crippen LogP contribution is 2.25. The Morgan fingerprint density at radius 1 is 1.05 bits per heavy atom. The van der Waals surface area contributed by atoms with Gasteiger partial charge in [-0.25, -0.2) is 0 Å². The van der Waals surface area contributed by atoms with Crippen LogP contribution in [0.1, 0.15) is 22.0 Å². The molecule has 1 atom stereocenters. The third-order valence-electron chi connectivity index (χ3n) is 2.85. The first-order chi connectivity index (χ1) is 9.63. The van der Waals surface area contributed by atoms with Gasteiger partial charge in [-0.05, 0) is 17.7 Å². The van der Waals surface area contributed by atoms with Gasteiger partial charge in [-0.3, -0.25) is 4.79 Å². The summed E-state index contributed by atoms with van der Waals surface area (Å²) in [6, 6.07) is 14.6. The van der Waals surface area contributed by atoms with E-state index < -0.39 is 0 Å². The molecule has 0 bridgehead atoms. The predicted octanol–water partition coefficient (Wildman–Crippen LogP) is 4.86. The summed E-state index contributed by atoms with van der Waals surface area (Å²) in [6.45, 7) is 0. The van der Waals surface area contributed by atoms with Gasteiger partial charge in [0.1, 0.15) is 0 Å². The first-order valence-corrected chi connectivity index (χ1v) is 7.87. The van der Waals surface area contributed by atoms with Crippen molar-refractivity contribution in [2.24, 2.45) is 0 Å². The Morgan fingerprint density at radius 3 is 2.20 bits per heavy atom. The molecule has 0 aliphatic heterocycles. The molecular formula is C15H12BrCl2NO. The van der Waals surface area contributed by atoms with Gasteiger partial charge < -0.3 is 5.32 Å². The van der Waals surface area contributed by atoms with Gasteiger partial charge in [0, 0.05) is 5.33 Å². The number of carbonyl (C=O) groups is 1. The van der Waals surface area contributed by atoms with E-state index in [-0.39, 0.29) is 11.9 Å². The topological polar surface area (TPSA) is 29.1 Å². The lowest BCUT2D eigenvalue weighted by Crippen LogP contribution is -2.29. The second kappa shape index (κ2) is 7.11. The van der Waals surface area contributed by atoms with Gasteiger partial charge in [0.25, 0.3) is 5.91 Å². The molecular weight excluding hydrogens is 361 g/mol. The summed E-state index contributed by atoms with van der Waals surface area (Å²) in [5.74, 6) is -0.283. The maximum Gasteiger partial charge on any atom is 0.254 e. The van der Waals surface area contributed by atoms with Crippen molar-refractivity contribution in [1.82, 2.24) is 5.32 Å². The van der Waals surface area contributed by atoms with Crippen LogP contribution in [0.15, 0.2) is 48.5 Å². The Kier molecular flexibility index (Phi) is 5.46. The van der Waals surface area contributed by atoms with Gasteiger partial charge in [0.05, 0.1) is 21.7 Å². The Bertz CT molecular complexity index is 584. The summed E-state index contributed by atoms with van der Waals surface area (Å²) in [5, 5.41) is 4.22. The van der Waals surface area contributed by atoms with Crippen LogP contribution in [0.5, 0.6) is 0 Å². The van der Waals surface area contributed by atoms with Gasteiger partial charge in [0.2, 0.25) is 0 Å². The zero-order chi connectivity index (χ0) is 14.5. The van der Waals surface area contributed by atoms with Crippen molar-refractivity contribution in [3.8, 4) is 0 Å². The number of rotatable bonds is 4. The summed E-state index contributed by atoms with van der Waals surface area (Å²) >= 11 is 15.5. The molecule has 20 heavy (non-hydrogen) atoms. The zero-order valence-electron chi connectivity index (χ0n) is 10.4. The molecule has 104 valence electrons. The number of amides is 1. The average molecular weight is 373 g/mol. The van der Waals surface area contributed by atoms with Crippen molar-refractivity contribution in [2.45, 2.75) is 6.04 Å². The minimum atomic E-state index is -0.283. The van der Waals surface area contributed by atoms with Crippen LogP contribution in [-0.2, 0) is 0 Å². The van der Waals surface area contributed by atoms with Crippen LogP contribution in [0.4, 0.5) is 0 Å². The molecule has 1 amide bonds. The van der Waals surface area contributed by atoms with Crippen LogP contribution in [0.2, 0.25) is 10.0 Å². The molecule has 0 saturated heterocycles. The van der Waals surface area contributed by atoms with E-state index in [1.165, 1.54) is 0 Å². The Morgan fingerprint density at radius 2 is 1.65 bits per heavy atom. The van der Waals surface area contributed by atoms with Crippen molar-refractivity contribution in [2.75, 3.05) is 5.33 Å². The molecule has 0 radical (unpaired) electrons. The summed E-state index contributed by atoms with van der Waals surface area (Å²) in [6.07, 6.45) is 0. The highest BCUT2D eigenvalue weighted by Gasteiger charge is 2.18. The molecule has 1 N–H and O–H groups in total. The molecule has 5 heteroatoms. The van der Waals surface area contributed by atoms with E-state index in [4.69, 9.17) is 23.2 Å². The van der Waals surface area contributed by atoms with E-state index in [0.717, 1.165) is 5.56 Å². The summed E-state index contributed by atoms with van der Waals surface area (Å²) in [4.78, 5) is 12.3. The second-order valence-corrected chi connectivity index (χ2v) is 5.65. The lowest BCUT2D eigenvalue weighted by atomic mass is 10.1. The standard InChI is InChI=1S/C15H12BrCl2NO/c16-9-13(10-5-2-1-3-6-10)19-15(20)14-11(17)7-4-8-12(14)18/h1-8,13H,9H2,(H,19,20). The van der Waals surface area contributed by atoms with Crippen LogP contribution in [0.25, 0.3) is 0 Å². The molecule has 0 aromatic heterocycles. The maximum absolute atomic E-state index is 12.3. The van der Waals surface area contributed by atoms with E-state index in [1.54, 1.807) is 18.2 Å². The lowest BCUT2D eigenvalue weighted by molar-refractivity contribution is 0.0941. The molecule has 0 aliphatic carbocycles. The second-order valence-electron chi connectivity index (χ2n) is 4.19. The normalized spacial score (nSPS) is 11.9. The summed E-state index contributed by atoms with van der Waals surface area (Å²) in [5.41, 5.74) is 1.32. The van der Waals surface area contributed by atoms with E-state index in [9.17, 15) is 4.79 Å². The molecule has 2 aromatic rings. The number of halogens is 3. The Balaban J connectivity index is 2.22. The molecule has 0 aliphatic rings. The number of carbonyl (C=O) groups excluding carboxylic acids is 1. The third kappa shape index (κ3) is 3.54. The quantitative estimate of drug-likeness (QED) is 0.763. The van der Waals surface area contributed by atoms with Crippen molar-refractivity contribution in [1.29, 1.82) is 0 Å². The third-order valence-corrected chi connectivity index (χ3v) is 4.13. The largest absolute Gasteiger partial charge is 0.344 e. The molecule has 0 spiro atoms. The smallest absolute Gasteiger partial charge is 0.254 e. The van der Waals surface area contributed by atoms with Crippen molar-refractivity contribution in [3.63, 3.8) is 0 Å². The molecule has 2 rings (SSSR count). The van der Waals surface area contributed by atoms with Crippen molar-refractivity contribution < 1.29 is 4.79 Å². The maximum atomic E-state index is 12.3. The number of hydrogen-bond acceptors (Lipinski definition) is 1. The first-order valence-electron chi connectivity index (χ1n) is 5.99. The van der Waals surface area contributed by atoms with Gasteiger partial charge in [-0.15, -0.1) is 0 Å². The number of nitrogens with one attached hydrogen (secondary N) is 1. The lowest BCUT2D eigenvalue weighted by Gasteiger charge is -2.17. The van der Waals surface area contributed by atoms with E-state index in [2.05, 4.69) is 21.2 Å². The zero-order valence-corrected chi connectivity index (χ0v) is 13.5. The summed E-state index contributed by atoms with van der Waals surface area (Å²) in [7, 11) is 0. The van der Waals surface area contributed by atoms with Crippen LogP contribution in [0.3, 0.4) is 0 Å². The summed E-state index contributed by atoms with van der Waals surface area (Å²) < 4.78 is 0. The van der Waals surface area contributed by atoms with Crippen LogP contribution in [-0.4, -0.2) is 11.2 Å². The van der Waals surface area contributed by atoms with E-state index in [0.29, 0.717) is 20.9 Å². The molecule has 0 heterocycles. The van der Waals surface area contributed by atoms with Gasteiger partial charge in [0.15, 0.2) is 0 Å². The Labute approximate surface area is 136 Å². The first kappa shape index (κ1) is 15.4. The SMILES string of the molecule is O=C(NC(CBr)c1ccccc1)c1c(Cl)cccc1Cl. The van der Waals surface area contributed by atoms with Gasteiger partial charge in [-0.2, -0.15) is 0 Å². The molecule has 0 fully saturated rings. The molecule has 2 nitrogen and oxygen atoms in total. The highest BCUT2D eigenvalue weighted by molar-refractivity contribution is 9.09. The van der Waals surface area contributed by atoms with E-state index >= 15 is 0 Å². The minimum Gasteiger partial charge on any atom is -0.344 e. The van der Waals surface area contributed by atoms with Crippen LogP contribution < -0.4 is 5.32 Å². The average Bonchev–Trinajstić information content (AvgIpc) is 2.45. The minimum absolute atomic E-state index is 0.143. The molecule has 0 saturated carbocycles. The number of hydrogen-bond donors (Lipinski definition) is 1.